The molecule has 0 spiro atoms. The van der Waals surface area contributed by atoms with E-state index in [1.807, 2.05) is 5.32 Å². The van der Waals surface area contributed by atoms with Crippen molar-refractivity contribution in [1.29, 1.82) is 5.26 Å². The second kappa shape index (κ2) is 7.13. The van der Waals surface area contributed by atoms with E-state index >= 15 is 0 Å². The van der Waals surface area contributed by atoms with Crippen LogP contribution in [0.3, 0.4) is 0 Å². The topological polar surface area (TPSA) is 94.9 Å². The quantitative estimate of drug-likeness (QED) is 0.824. The molecular formula is C12H11F3N4O2S. The molecule has 0 aliphatic rings. The number of nitrogens with zero attached hydrogens (tertiary/aromatic N) is 2. The van der Waals surface area contributed by atoms with E-state index in [-0.39, 0.29) is 16.5 Å². The molecule has 0 bridgehead atoms. The van der Waals surface area contributed by atoms with Crippen LogP contribution in [0, 0.1) is 18.3 Å². The summed E-state index contributed by atoms with van der Waals surface area (Å²) in [5.41, 5.74) is -1.67. The number of carbonyl (C=O) groups excluding carboxylic acids is 2. The fourth-order valence-corrected chi connectivity index (χ4v) is 2.29. The van der Waals surface area contributed by atoms with E-state index in [4.69, 9.17) is 5.26 Å². The minimum Gasteiger partial charge on any atom is -0.341 e. The predicted molar refractivity (Wildman–Crippen MR) is 72.0 cm³/mol. The van der Waals surface area contributed by atoms with Crippen LogP contribution in [0.2, 0.25) is 0 Å². The van der Waals surface area contributed by atoms with Crippen molar-refractivity contribution in [1.82, 2.24) is 15.6 Å². The summed E-state index contributed by atoms with van der Waals surface area (Å²) in [6, 6.07) is 1.49. The molecule has 0 aliphatic carbocycles. The lowest BCUT2D eigenvalue weighted by molar-refractivity contribution is -0.138. The first-order chi connectivity index (χ1) is 10.2. The smallest absolute Gasteiger partial charge is 0.341 e. The number of pyridine rings is 1. The number of imide groups is 1. The number of thioether (sulfide) groups is 1. The maximum atomic E-state index is 12.9. The second-order valence-electron chi connectivity index (χ2n) is 4.02. The Morgan fingerprint density at radius 3 is 2.59 bits per heavy atom. The molecule has 0 unspecified atom stereocenters. The Hall–Kier alpha value is -2.28. The van der Waals surface area contributed by atoms with E-state index in [1.54, 1.807) is 0 Å². The molecule has 10 heteroatoms. The van der Waals surface area contributed by atoms with Gasteiger partial charge in [-0.05, 0) is 13.0 Å². The Morgan fingerprint density at radius 1 is 1.45 bits per heavy atom. The van der Waals surface area contributed by atoms with Gasteiger partial charge in [0.2, 0.25) is 5.91 Å². The van der Waals surface area contributed by atoms with Crippen LogP contribution in [-0.4, -0.2) is 29.7 Å². The Morgan fingerprint density at radius 2 is 2.09 bits per heavy atom. The van der Waals surface area contributed by atoms with Crippen LogP contribution in [0.25, 0.3) is 0 Å². The van der Waals surface area contributed by atoms with Gasteiger partial charge in [-0.3, -0.25) is 10.1 Å². The van der Waals surface area contributed by atoms with Crippen molar-refractivity contribution < 1.29 is 22.8 Å². The fraction of sp³-hybridized carbons (Fsp3) is 0.333. The number of halogens is 3. The molecule has 3 amide bonds. The zero-order valence-corrected chi connectivity index (χ0v) is 12.4. The largest absolute Gasteiger partial charge is 0.417 e. The molecule has 0 radical (unpaired) electrons. The van der Waals surface area contributed by atoms with Crippen LogP contribution in [0.1, 0.15) is 16.8 Å². The normalized spacial score (nSPS) is 10.7. The highest BCUT2D eigenvalue weighted by molar-refractivity contribution is 8.00. The minimum absolute atomic E-state index is 0.0699. The number of alkyl halides is 3. The highest BCUT2D eigenvalue weighted by Gasteiger charge is 2.35. The van der Waals surface area contributed by atoms with E-state index in [0.717, 1.165) is 6.07 Å². The molecule has 22 heavy (non-hydrogen) atoms. The average molecular weight is 332 g/mol. The summed E-state index contributed by atoms with van der Waals surface area (Å²) in [6.07, 6.45) is -4.70. The molecule has 0 aliphatic heterocycles. The Kier molecular flexibility index (Phi) is 5.76. The predicted octanol–water partition coefficient (Wildman–Crippen LogP) is 1.83. The summed E-state index contributed by atoms with van der Waals surface area (Å²) in [5.74, 6) is -1.07. The highest BCUT2D eigenvalue weighted by atomic mass is 32.2. The number of carbonyl (C=O) groups is 2. The molecule has 1 aromatic heterocycles. The summed E-state index contributed by atoms with van der Waals surface area (Å²) in [5, 5.41) is 12.8. The molecule has 1 aromatic rings. The first kappa shape index (κ1) is 17.8. The van der Waals surface area contributed by atoms with Crippen LogP contribution in [0.15, 0.2) is 11.1 Å². The van der Waals surface area contributed by atoms with E-state index in [2.05, 4.69) is 10.3 Å². The molecule has 118 valence electrons. The van der Waals surface area contributed by atoms with Gasteiger partial charge >= 0.3 is 12.2 Å². The van der Waals surface area contributed by atoms with Gasteiger partial charge in [-0.1, -0.05) is 11.8 Å². The third-order valence-electron chi connectivity index (χ3n) is 2.35. The molecule has 1 rings (SSSR count). The third-order valence-corrected chi connectivity index (χ3v) is 3.33. The standard InChI is InChI=1S/C12H11F3N4O2S/c1-6-3-8(12(13,14)15)7(4-16)10(18-6)22-5-9(20)19-11(21)17-2/h3H,5H2,1-2H3,(H2,17,19,20,21). The number of hydrogen-bond donors (Lipinski definition) is 2. The van der Waals surface area contributed by atoms with Gasteiger partial charge in [-0.15, -0.1) is 0 Å². The van der Waals surface area contributed by atoms with Gasteiger partial charge in [0.25, 0.3) is 0 Å². The fourth-order valence-electron chi connectivity index (χ4n) is 1.44. The van der Waals surface area contributed by atoms with E-state index in [0.29, 0.717) is 11.8 Å². The lowest BCUT2D eigenvalue weighted by Gasteiger charge is -2.12. The van der Waals surface area contributed by atoms with Crippen LogP contribution >= 0.6 is 11.8 Å². The van der Waals surface area contributed by atoms with Gasteiger partial charge in [0.05, 0.1) is 16.9 Å². The first-order valence-corrected chi connectivity index (χ1v) is 6.81. The molecule has 0 fully saturated rings. The summed E-state index contributed by atoms with van der Waals surface area (Å²) in [6.45, 7) is 1.35. The summed E-state index contributed by atoms with van der Waals surface area (Å²) in [7, 11) is 1.31. The monoisotopic (exact) mass is 332 g/mol. The van der Waals surface area contributed by atoms with Crippen molar-refractivity contribution in [2.45, 2.75) is 18.1 Å². The number of aromatic nitrogens is 1. The number of hydrogen-bond acceptors (Lipinski definition) is 5. The van der Waals surface area contributed by atoms with Gasteiger partial charge in [-0.25, -0.2) is 9.78 Å². The van der Waals surface area contributed by atoms with Gasteiger partial charge in [0.15, 0.2) is 0 Å². The number of urea groups is 1. The molecule has 0 saturated carbocycles. The van der Waals surface area contributed by atoms with Crippen LogP contribution in [0.4, 0.5) is 18.0 Å². The molecular weight excluding hydrogens is 321 g/mol. The number of nitriles is 1. The highest BCUT2D eigenvalue weighted by Crippen LogP contribution is 2.35. The van der Waals surface area contributed by atoms with Crippen molar-refractivity contribution in [2.24, 2.45) is 0 Å². The number of aryl methyl sites for hydroxylation is 1. The first-order valence-electron chi connectivity index (χ1n) is 5.82. The van der Waals surface area contributed by atoms with Crippen LogP contribution < -0.4 is 10.6 Å². The lowest BCUT2D eigenvalue weighted by Crippen LogP contribution is -2.38. The van der Waals surface area contributed by atoms with Gasteiger partial charge in [0, 0.05) is 12.7 Å². The molecule has 0 atom stereocenters. The Labute approximate surface area is 128 Å². The molecule has 0 aromatic carbocycles. The number of amides is 3. The van der Waals surface area contributed by atoms with Crippen molar-refractivity contribution >= 4 is 23.7 Å². The molecule has 2 N–H and O–H groups in total. The molecule has 1 heterocycles. The van der Waals surface area contributed by atoms with Crippen molar-refractivity contribution in [2.75, 3.05) is 12.8 Å². The number of rotatable bonds is 3. The van der Waals surface area contributed by atoms with Gasteiger partial charge < -0.3 is 5.32 Å². The van der Waals surface area contributed by atoms with Crippen molar-refractivity contribution in [3.63, 3.8) is 0 Å². The Bertz CT molecular complexity index is 640. The average Bonchev–Trinajstić information content (AvgIpc) is 2.43. The lowest BCUT2D eigenvalue weighted by atomic mass is 10.1. The minimum atomic E-state index is -4.70. The summed E-state index contributed by atoms with van der Waals surface area (Å²) < 4.78 is 38.7. The van der Waals surface area contributed by atoms with Gasteiger partial charge in [-0.2, -0.15) is 18.4 Å². The summed E-state index contributed by atoms with van der Waals surface area (Å²) in [4.78, 5) is 26.2. The van der Waals surface area contributed by atoms with Crippen molar-refractivity contribution in [3.05, 3.63) is 22.9 Å². The Balaban J connectivity index is 3.01. The van der Waals surface area contributed by atoms with E-state index in [9.17, 15) is 22.8 Å². The summed E-state index contributed by atoms with van der Waals surface area (Å²) >= 11 is 0.651. The zero-order valence-electron chi connectivity index (χ0n) is 11.5. The van der Waals surface area contributed by atoms with Crippen molar-refractivity contribution in [3.8, 4) is 6.07 Å². The number of nitrogens with one attached hydrogen (secondary N) is 2. The molecule has 6 nitrogen and oxygen atoms in total. The SMILES string of the molecule is CNC(=O)NC(=O)CSc1nc(C)cc(C(F)(F)F)c1C#N. The zero-order chi connectivity index (χ0) is 16.9. The second-order valence-corrected chi connectivity index (χ2v) is 4.98. The van der Waals surface area contributed by atoms with Crippen LogP contribution in [-0.2, 0) is 11.0 Å². The van der Waals surface area contributed by atoms with Gasteiger partial charge in [0.1, 0.15) is 11.1 Å². The maximum Gasteiger partial charge on any atom is 0.417 e. The molecule has 0 saturated heterocycles. The third kappa shape index (κ3) is 4.63. The van der Waals surface area contributed by atoms with Crippen LogP contribution in [0.5, 0.6) is 0 Å². The van der Waals surface area contributed by atoms with E-state index in [1.165, 1.54) is 20.0 Å². The maximum absolute atomic E-state index is 12.9. The van der Waals surface area contributed by atoms with E-state index < -0.39 is 29.2 Å².